The van der Waals surface area contributed by atoms with E-state index >= 15 is 0 Å². The summed E-state index contributed by atoms with van der Waals surface area (Å²) in [5.74, 6) is -2.75. The van der Waals surface area contributed by atoms with Crippen LogP contribution in [0.15, 0.2) is 0 Å². The summed E-state index contributed by atoms with van der Waals surface area (Å²) in [6.07, 6.45) is -2.04. The zero-order valence-electron chi connectivity index (χ0n) is 23.8. The van der Waals surface area contributed by atoms with Gasteiger partial charge in [-0.05, 0) is 101 Å². The molecule has 2 saturated heterocycles. The normalized spacial score (nSPS) is 21.3. The van der Waals surface area contributed by atoms with Gasteiger partial charge < -0.3 is 49.7 Å². The molecule has 3 rings (SSSR count). The molecule has 4 amide bonds. The molecule has 0 radical (unpaired) electrons. The van der Waals surface area contributed by atoms with Crippen molar-refractivity contribution in [3.63, 3.8) is 0 Å². The van der Waals surface area contributed by atoms with Crippen LogP contribution in [0.4, 0.5) is 21.0 Å². The Hall–Kier alpha value is -1.27. The highest BCUT2D eigenvalue weighted by Crippen LogP contribution is 2.40. The molecule has 4 N–H and O–H groups in total. The Morgan fingerprint density at radius 1 is 0.810 bits per heavy atom. The van der Waals surface area contributed by atoms with Crippen LogP contribution in [0.3, 0.4) is 0 Å². The summed E-state index contributed by atoms with van der Waals surface area (Å²) in [4.78, 5) is 49.3. The molecule has 17 heteroatoms. The maximum absolute atomic E-state index is 13.0. The van der Waals surface area contributed by atoms with E-state index in [0.29, 0.717) is 27.6 Å². The van der Waals surface area contributed by atoms with Crippen LogP contribution in [-0.2, 0) is 44.4 Å². The minimum absolute atomic E-state index is 0.119. The summed E-state index contributed by atoms with van der Waals surface area (Å²) in [5.41, 5.74) is 1.44. The molecule has 3 atom stereocenters. The van der Waals surface area contributed by atoms with Crippen molar-refractivity contribution < 1.29 is 47.6 Å². The number of ether oxygens (including phenoxy) is 6. The van der Waals surface area contributed by atoms with Gasteiger partial charge in [0.05, 0.1) is 28.2 Å². The standard InChI is InChI=1S/C25H33I3N4O10/c1-11(33)37-8-13(40-12(2)34)7-14-17(26)20(31-22(35)29-15-9-38-24(3,4)41-15)19(28)21(18(14)27)32-23(36)30-16-10-39-25(5,6)42-16/h13,15-16H,7-10H2,1-6H3,(H2,29,31,35)(H2,30,32,36). The van der Waals surface area contributed by atoms with Crippen LogP contribution in [0, 0.1) is 10.7 Å². The molecule has 2 heterocycles. The van der Waals surface area contributed by atoms with Gasteiger partial charge in [-0.2, -0.15) is 0 Å². The molecule has 2 fully saturated rings. The predicted octanol–water partition coefficient (Wildman–Crippen LogP) is 4.00. The number of nitrogens with one attached hydrogen (secondary N) is 4. The van der Waals surface area contributed by atoms with E-state index < -0.39 is 54.1 Å². The molecule has 1 aromatic carbocycles. The number of anilines is 2. The third-order valence-corrected chi connectivity index (χ3v) is 9.18. The lowest BCUT2D eigenvalue weighted by Crippen LogP contribution is -2.41. The van der Waals surface area contributed by atoms with Gasteiger partial charge in [0.1, 0.15) is 12.7 Å². The van der Waals surface area contributed by atoms with Crippen molar-refractivity contribution in [3.05, 3.63) is 16.3 Å². The Morgan fingerprint density at radius 3 is 1.62 bits per heavy atom. The van der Waals surface area contributed by atoms with E-state index in [-0.39, 0.29) is 26.2 Å². The minimum Gasteiger partial charge on any atom is -0.462 e. The topological polar surface area (TPSA) is 172 Å². The van der Waals surface area contributed by atoms with Crippen LogP contribution >= 0.6 is 67.8 Å². The summed E-state index contributed by atoms with van der Waals surface area (Å²) in [6.45, 7) is 9.64. The fraction of sp³-hybridized carbons (Fsp3) is 0.600. The number of halogens is 3. The lowest BCUT2D eigenvalue weighted by Gasteiger charge is -2.24. The number of urea groups is 2. The summed E-state index contributed by atoms with van der Waals surface area (Å²) in [6, 6.07) is -1.12. The fourth-order valence-corrected chi connectivity index (χ4v) is 8.18. The first-order chi connectivity index (χ1) is 19.5. The van der Waals surface area contributed by atoms with E-state index in [1.54, 1.807) is 27.7 Å². The van der Waals surface area contributed by atoms with Crippen molar-refractivity contribution in [1.82, 2.24) is 10.6 Å². The number of amides is 4. The van der Waals surface area contributed by atoms with E-state index in [4.69, 9.17) is 28.4 Å². The number of carbonyl (C=O) groups excluding carboxylic acids is 4. The van der Waals surface area contributed by atoms with Crippen LogP contribution in [-0.4, -0.2) is 74.0 Å². The Labute approximate surface area is 284 Å². The van der Waals surface area contributed by atoms with Crippen molar-refractivity contribution in [2.45, 2.75) is 78.1 Å². The lowest BCUT2D eigenvalue weighted by atomic mass is 10.1. The average Bonchev–Trinajstić information content (AvgIpc) is 3.39. The maximum atomic E-state index is 13.0. The van der Waals surface area contributed by atoms with Crippen LogP contribution in [0.25, 0.3) is 0 Å². The minimum atomic E-state index is -0.835. The fourth-order valence-electron chi connectivity index (χ4n) is 4.03. The molecule has 2 aliphatic heterocycles. The maximum Gasteiger partial charge on any atom is 0.321 e. The average molecular weight is 930 g/mol. The Bertz CT molecular complexity index is 1160. The van der Waals surface area contributed by atoms with Crippen LogP contribution in [0.2, 0.25) is 0 Å². The molecular weight excluding hydrogens is 897 g/mol. The van der Waals surface area contributed by atoms with Gasteiger partial charge in [0, 0.05) is 27.4 Å². The molecule has 42 heavy (non-hydrogen) atoms. The van der Waals surface area contributed by atoms with Gasteiger partial charge >= 0.3 is 24.0 Å². The molecule has 234 valence electrons. The number of esters is 2. The number of rotatable bonds is 9. The van der Waals surface area contributed by atoms with Crippen molar-refractivity contribution >= 4 is 103 Å². The van der Waals surface area contributed by atoms with E-state index in [2.05, 4.69) is 66.4 Å². The summed E-state index contributed by atoms with van der Waals surface area (Å²) < 4.78 is 34.7. The monoisotopic (exact) mass is 930 g/mol. The van der Waals surface area contributed by atoms with Gasteiger partial charge in [0.25, 0.3) is 0 Å². The molecule has 0 aliphatic carbocycles. The van der Waals surface area contributed by atoms with Crippen LogP contribution < -0.4 is 21.3 Å². The third kappa shape index (κ3) is 10.1. The van der Waals surface area contributed by atoms with Crippen molar-refractivity contribution in [2.24, 2.45) is 0 Å². The van der Waals surface area contributed by atoms with Crippen molar-refractivity contribution in [3.8, 4) is 0 Å². The van der Waals surface area contributed by atoms with Crippen molar-refractivity contribution in [2.75, 3.05) is 30.5 Å². The molecule has 14 nitrogen and oxygen atoms in total. The first kappa shape index (κ1) is 35.2. The van der Waals surface area contributed by atoms with E-state index in [1.807, 2.05) is 22.6 Å². The number of hydrogen-bond donors (Lipinski definition) is 4. The van der Waals surface area contributed by atoms with Gasteiger partial charge in [-0.15, -0.1) is 0 Å². The number of hydrogen-bond acceptors (Lipinski definition) is 10. The third-order valence-electron chi connectivity index (χ3n) is 5.72. The number of benzene rings is 1. The van der Waals surface area contributed by atoms with Gasteiger partial charge in [0.2, 0.25) is 0 Å². The summed E-state index contributed by atoms with van der Waals surface area (Å²) >= 11 is 6.19. The molecule has 0 saturated carbocycles. The molecule has 0 bridgehead atoms. The SMILES string of the molecule is CC(=O)OCC(Cc1c(I)c(NC(=O)NC2COC(C)(C)O2)c(I)c(NC(=O)NC2COC(C)(C)O2)c1I)OC(C)=O. The van der Waals surface area contributed by atoms with E-state index in [1.165, 1.54) is 13.8 Å². The smallest absolute Gasteiger partial charge is 0.321 e. The van der Waals surface area contributed by atoms with Gasteiger partial charge in [-0.1, -0.05) is 0 Å². The van der Waals surface area contributed by atoms with E-state index in [0.717, 1.165) is 0 Å². The quantitative estimate of drug-likeness (QED) is 0.210. The molecular formula is C25H33I3N4O10. The number of carbonyl (C=O) groups is 4. The lowest BCUT2D eigenvalue weighted by molar-refractivity contribution is -0.156. The van der Waals surface area contributed by atoms with E-state index in [9.17, 15) is 19.2 Å². The summed E-state index contributed by atoms with van der Waals surface area (Å²) in [5, 5.41) is 11.1. The second-order valence-corrected chi connectivity index (χ2v) is 13.5. The first-order valence-corrected chi connectivity index (χ1v) is 16.0. The summed E-state index contributed by atoms with van der Waals surface area (Å²) in [7, 11) is 0. The largest absolute Gasteiger partial charge is 0.462 e. The first-order valence-electron chi connectivity index (χ1n) is 12.7. The van der Waals surface area contributed by atoms with Crippen LogP contribution in [0.1, 0.15) is 47.1 Å². The van der Waals surface area contributed by atoms with Gasteiger partial charge in [0.15, 0.2) is 24.0 Å². The second kappa shape index (κ2) is 14.7. The highest BCUT2D eigenvalue weighted by molar-refractivity contribution is 14.1. The highest BCUT2D eigenvalue weighted by Gasteiger charge is 2.35. The van der Waals surface area contributed by atoms with Crippen molar-refractivity contribution in [1.29, 1.82) is 0 Å². The Balaban J connectivity index is 1.93. The predicted molar refractivity (Wildman–Crippen MR) is 175 cm³/mol. The molecule has 2 aliphatic rings. The van der Waals surface area contributed by atoms with Gasteiger partial charge in [-0.3, -0.25) is 9.59 Å². The van der Waals surface area contributed by atoms with Crippen LogP contribution in [0.5, 0.6) is 0 Å². The Morgan fingerprint density at radius 2 is 1.26 bits per heavy atom. The zero-order valence-corrected chi connectivity index (χ0v) is 30.2. The Kier molecular flexibility index (Phi) is 12.3. The highest BCUT2D eigenvalue weighted by atomic mass is 127. The second-order valence-electron chi connectivity index (χ2n) is 10.2. The molecule has 1 aromatic rings. The molecule has 3 unspecified atom stereocenters. The zero-order chi connectivity index (χ0) is 31.4. The van der Waals surface area contributed by atoms with Gasteiger partial charge in [-0.25, -0.2) is 9.59 Å². The molecule has 0 spiro atoms. The molecule has 0 aromatic heterocycles.